The van der Waals surface area contributed by atoms with Gasteiger partial charge in [0.05, 0.1) is 0 Å². The first-order valence-corrected chi connectivity index (χ1v) is 4.57. The third-order valence-electron chi connectivity index (χ3n) is 2.34. The molecule has 1 aliphatic carbocycles. The van der Waals surface area contributed by atoms with Crippen LogP contribution in [0.25, 0.3) is 0 Å². The summed E-state index contributed by atoms with van der Waals surface area (Å²) in [5, 5.41) is 4.27. The molecule has 62 valence electrons. The van der Waals surface area contributed by atoms with E-state index in [1.165, 1.54) is 24.8 Å². The predicted molar refractivity (Wildman–Crippen MR) is 51.3 cm³/mol. The Morgan fingerprint density at radius 1 is 1.45 bits per heavy atom. The summed E-state index contributed by atoms with van der Waals surface area (Å²) < 4.78 is 0. The highest BCUT2D eigenvalue weighted by Gasteiger charge is 2.34. The topological polar surface area (TPSA) is 26.0 Å². The second kappa shape index (κ2) is 3.13. The molecule has 1 saturated carbocycles. The first-order chi connectivity index (χ1) is 4.81. The first kappa shape index (κ1) is 9.04. The zero-order valence-corrected chi connectivity index (χ0v) is 7.88. The van der Waals surface area contributed by atoms with Gasteiger partial charge in [-0.2, -0.15) is 11.3 Å². The number of hydrogen-bond donors (Lipinski definition) is 1. The highest BCUT2D eigenvalue weighted by Crippen LogP contribution is 2.39. The smallest absolute Gasteiger partial charge is 0.0417 e. The summed E-state index contributed by atoms with van der Waals surface area (Å²) in [7, 11) is 0. The molecule has 0 radical (unpaired) electrons. The lowest BCUT2D eigenvalue weighted by atomic mass is 9.74. The summed E-state index contributed by atoms with van der Waals surface area (Å²) >= 11 is 1.74. The molecule has 2 N–H and O–H groups in total. The second-order valence-electron chi connectivity index (χ2n) is 3.02. The third kappa shape index (κ3) is 1.43. The Hall–Kier alpha value is -0.0500. The lowest BCUT2D eigenvalue weighted by Crippen LogP contribution is -2.42. The summed E-state index contributed by atoms with van der Waals surface area (Å²) in [4.78, 5) is 0. The molecule has 1 fully saturated rings. The molecule has 0 spiro atoms. The van der Waals surface area contributed by atoms with Gasteiger partial charge in [-0.05, 0) is 41.7 Å². The molecule has 1 aliphatic rings. The molecule has 0 saturated heterocycles. The summed E-state index contributed by atoms with van der Waals surface area (Å²) in [6, 6.07) is 2.14. The third-order valence-corrected chi connectivity index (χ3v) is 3.03. The average molecular weight is 190 g/mol. The molecule has 0 atom stereocenters. The van der Waals surface area contributed by atoms with Crippen LogP contribution in [0.1, 0.15) is 24.8 Å². The molecule has 11 heavy (non-hydrogen) atoms. The summed E-state index contributed by atoms with van der Waals surface area (Å²) in [5.74, 6) is 0. The molecular weight excluding hydrogens is 178 g/mol. The van der Waals surface area contributed by atoms with Gasteiger partial charge in [0.15, 0.2) is 0 Å². The maximum atomic E-state index is 6.08. The van der Waals surface area contributed by atoms with Crippen molar-refractivity contribution in [2.24, 2.45) is 5.73 Å². The van der Waals surface area contributed by atoms with Crippen LogP contribution in [0.4, 0.5) is 0 Å². The van der Waals surface area contributed by atoms with E-state index in [1.807, 2.05) is 0 Å². The SMILES string of the molecule is Cl.NC1(c2ccsc2)CCC1. The molecular formula is C8H12ClNS. The van der Waals surface area contributed by atoms with Crippen LogP contribution in [0.3, 0.4) is 0 Å². The highest BCUT2D eigenvalue weighted by molar-refractivity contribution is 7.08. The van der Waals surface area contributed by atoms with E-state index in [1.54, 1.807) is 11.3 Å². The fourth-order valence-electron chi connectivity index (χ4n) is 1.39. The van der Waals surface area contributed by atoms with Crippen molar-refractivity contribution in [2.75, 3.05) is 0 Å². The zero-order chi connectivity index (χ0) is 7.03. The largest absolute Gasteiger partial charge is 0.321 e. The first-order valence-electron chi connectivity index (χ1n) is 3.63. The maximum absolute atomic E-state index is 6.08. The Morgan fingerprint density at radius 2 is 2.18 bits per heavy atom. The van der Waals surface area contributed by atoms with Crippen molar-refractivity contribution >= 4 is 23.7 Å². The maximum Gasteiger partial charge on any atom is 0.0417 e. The molecule has 0 aliphatic heterocycles. The molecule has 2 rings (SSSR count). The number of nitrogens with two attached hydrogens (primary N) is 1. The van der Waals surface area contributed by atoms with Crippen LogP contribution in [-0.2, 0) is 5.54 Å². The van der Waals surface area contributed by atoms with Crippen LogP contribution < -0.4 is 5.73 Å². The van der Waals surface area contributed by atoms with E-state index in [-0.39, 0.29) is 17.9 Å². The summed E-state index contributed by atoms with van der Waals surface area (Å²) in [6.07, 6.45) is 3.64. The van der Waals surface area contributed by atoms with Gasteiger partial charge >= 0.3 is 0 Å². The van der Waals surface area contributed by atoms with E-state index >= 15 is 0 Å². The van der Waals surface area contributed by atoms with Gasteiger partial charge in [0.25, 0.3) is 0 Å². The average Bonchev–Trinajstić information content (AvgIpc) is 2.33. The van der Waals surface area contributed by atoms with Crippen molar-refractivity contribution in [3.63, 3.8) is 0 Å². The molecule has 0 aromatic carbocycles. The normalized spacial score (nSPS) is 20.1. The van der Waals surface area contributed by atoms with Crippen LogP contribution in [0.15, 0.2) is 16.8 Å². The van der Waals surface area contributed by atoms with Crippen LogP contribution in [-0.4, -0.2) is 0 Å². The van der Waals surface area contributed by atoms with E-state index in [2.05, 4.69) is 16.8 Å². The minimum Gasteiger partial charge on any atom is -0.321 e. The van der Waals surface area contributed by atoms with Gasteiger partial charge in [-0.1, -0.05) is 0 Å². The van der Waals surface area contributed by atoms with E-state index in [0.29, 0.717) is 0 Å². The highest BCUT2D eigenvalue weighted by atomic mass is 35.5. The van der Waals surface area contributed by atoms with Crippen LogP contribution in [0, 0.1) is 0 Å². The van der Waals surface area contributed by atoms with Crippen molar-refractivity contribution in [2.45, 2.75) is 24.8 Å². The Kier molecular flexibility index (Phi) is 2.58. The Morgan fingerprint density at radius 3 is 2.55 bits per heavy atom. The minimum atomic E-state index is 0. The quantitative estimate of drug-likeness (QED) is 0.722. The van der Waals surface area contributed by atoms with E-state index in [4.69, 9.17) is 5.73 Å². The van der Waals surface area contributed by atoms with Crippen molar-refractivity contribution in [3.05, 3.63) is 22.4 Å². The molecule has 1 nitrogen and oxygen atoms in total. The van der Waals surface area contributed by atoms with Gasteiger partial charge in [0.1, 0.15) is 0 Å². The van der Waals surface area contributed by atoms with Crippen molar-refractivity contribution < 1.29 is 0 Å². The van der Waals surface area contributed by atoms with Crippen LogP contribution in [0.5, 0.6) is 0 Å². The molecule has 0 amide bonds. The Balaban J connectivity index is 0.000000605. The summed E-state index contributed by atoms with van der Waals surface area (Å²) in [5.41, 5.74) is 7.47. The molecule has 1 aromatic rings. The number of rotatable bonds is 1. The van der Waals surface area contributed by atoms with Gasteiger partial charge in [0.2, 0.25) is 0 Å². The fourth-order valence-corrected chi connectivity index (χ4v) is 2.16. The Bertz CT molecular complexity index is 216. The van der Waals surface area contributed by atoms with Crippen LogP contribution in [0.2, 0.25) is 0 Å². The van der Waals surface area contributed by atoms with E-state index in [0.717, 1.165) is 0 Å². The number of halogens is 1. The number of hydrogen-bond acceptors (Lipinski definition) is 2. The molecule has 0 bridgehead atoms. The van der Waals surface area contributed by atoms with Crippen molar-refractivity contribution in [1.82, 2.24) is 0 Å². The Labute approximate surface area is 77.0 Å². The predicted octanol–water partition coefficient (Wildman–Crippen LogP) is 2.51. The van der Waals surface area contributed by atoms with Gasteiger partial charge in [-0.3, -0.25) is 0 Å². The molecule has 1 heterocycles. The van der Waals surface area contributed by atoms with Crippen molar-refractivity contribution in [1.29, 1.82) is 0 Å². The van der Waals surface area contributed by atoms with Gasteiger partial charge in [-0.25, -0.2) is 0 Å². The summed E-state index contributed by atoms with van der Waals surface area (Å²) in [6.45, 7) is 0. The van der Waals surface area contributed by atoms with Gasteiger partial charge in [0, 0.05) is 5.54 Å². The minimum absolute atomic E-state index is 0. The molecule has 0 unspecified atom stereocenters. The van der Waals surface area contributed by atoms with Crippen LogP contribution >= 0.6 is 23.7 Å². The van der Waals surface area contributed by atoms with Gasteiger partial charge in [-0.15, -0.1) is 12.4 Å². The molecule has 3 heteroatoms. The standard InChI is InChI=1S/C8H11NS.ClH/c9-8(3-1-4-8)7-2-5-10-6-7;/h2,5-6H,1,3-4,9H2;1H. The molecule has 1 aromatic heterocycles. The zero-order valence-electron chi connectivity index (χ0n) is 6.25. The van der Waals surface area contributed by atoms with E-state index < -0.39 is 0 Å². The lowest BCUT2D eigenvalue weighted by molar-refractivity contribution is 0.254. The van der Waals surface area contributed by atoms with E-state index in [9.17, 15) is 0 Å². The number of thiophene rings is 1. The fraction of sp³-hybridized carbons (Fsp3) is 0.500. The lowest BCUT2D eigenvalue weighted by Gasteiger charge is -2.37. The van der Waals surface area contributed by atoms with Crippen molar-refractivity contribution in [3.8, 4) is 0 Å². The monoisotopic (exact) mass is 189 g/mol. The second-order valence-corrected chi connectivity index (χ2v) is 3.80. The van der Waals surface area contributed by atoms with Gasteiger partial charge < -0.3 is 5.73 Å².